The van der Waals surface area contributed by atoms with Crippen LogP contribution in [0.3, 0.4) is 0 Å². The van der Waals surface area contributed by atoms with Crippen molar-refractivity contribution in [3.05, 3.63) is 41.7 Å². The zero-order valence-corrected chi connectivity index (χ0v) is 21.3. The van der Waals surface area contributed by atoms with E-state index in [1.54, 1.807) is 30.6 Å². The average Bonchev–Trinajstić information content (AvgIpc) is 3.05. The number of fused-ring (bicyclic) bond motifs is 1. The first kappa shape index (κ1) is 23.1. The number of hydrogen-bond acceptors (Lipinski definition) is 6. The van der Waals surface area contributed by atoms with E-state index in [1.807, 2.05) is 11.5 Å². The summed E-state index contributed by atoms with van der Waals surface area (Å²) in [6.45, 7) is 5.08. The SMILES string of the molecule is Cc1nc(N2CC[N-]CC2)c2ncn(-c3ccc(S(=O)[O-])cc3)c2n1.[Y].[Y]. The van der Waals surface area contributed by atoms with Crippen LogP contribution in [-0.4, -0.2) is 54.5 Å². The third-order valence-corrected chi connectivity index (χ3v) is 4.81. The molecule has 1 aromatic carbocycles. The topological polar surface area (TPSA) is 101 Å². The van der Waals surface area contributed by atoms with Crippen molar-refractivity contribution < 1.29 is 74.2 Å². The summed E-state index contributed by atoms with van der Waals surface area (Å²) in [5.41, 5.74) is 2.25. The molecule has 0 saturated carbocycles. The van der Waals surface area contributed by atoms with Crippen LogP contribution < -0.4 is 4.90 Å². The Balaban J connectivity index is 0.00000131. The van der Waals surface area contributed by atoms with Gasteiger partial charge < -0.3 is 14.8 Å². The Morgan fingerprint density at radius 1 is 1.11 bits per heavy atom. The van der Waals surface area contributed by atoms with Crippen LogP contribution in [-0.2, 0) is 76.5 Å². The fourth-order valence-corrected chi connectivity index (χ4v) is 3.29. The Kier molecular flexibility index (Phi) is 8.61. The number of aryl methyl sites for hydroxylation is 1. The molecule has 4 rings (SSSR count). The van der Waals surface area contributed by atoms with Gasteiger partial charge in [0.1, 0.15) is 12.2 Å². The van der Waals surface area contributed by atoms with Crippen LogP contribution in [0.2, 0.25) is 0 Å². The largest absolute Gasteiger partial charge is 0.768 e. The van der Waals surface area contributed by atoms with E-state index in [1.165, 1.54) is 0 Å². The maximum atomic E-state index is 11.0. The van der Waals surface area contributed by atoms with Crippen molar-refractivity contribution in [1.82, 2.24) is 19.5 Å². The summed E-state index contributed by atoms with van der Waals surface area (Å²) in [5.74, 6) is 1.50. The molecule has 136 valence electrons. The molecule has 1 saturated heterocycles. The maximum Gasteiger partial charge on any atom is 0.170 e. The molecule has 27 heavy (non-hydrogen) atoms. The summed E-state index contributed by atoms with van der Waals surface area (Å²) in [6, 6.07) is 6.60. The van der Waals surface area contributed by atoms with Crippen LogP contribution in [0.15, 0.2) is 35.5 Å². The molecule has 1 aliphatic heterocycles. The minimum atomic E-state index is -2.24. The van der Waals surface area contributed by atoms with E-state index in [0.717, 1.165) is 43.2 Å². The zero-order chi connectivity index (χ0) is 17.4. The van der Waals surface area contributed by atoms with Gasteiger partial charge in [-0.2, -0.15) is 0 Å². The molecule has 2 aromatic heterocycles. The van der Waals surface area contributed by atoms with Crippen LogP contribution in [0.4, 0.5) is 5.82 Å². The Bertz CT molecular complexity index is 944. The Hall–Kier alpha value is -0.152. The first-order valence-corrected chi connectivity index (χ1v) is 9.00. The molecular formula is C16H16N6O2SY2-2. The summed E-state index contributed by atoms with van der Waals surface area (Å²) in [7, 11) is 0. The van der Waals surface area contributed by atoms with Crippen molar-refractivity contribution in [1.29, 1.82) is 0 Å². The quantitative estimate of drug-likeness (QED) is 0.473. The van der Waals surface area contributed by atoms with Gasteiger partial charge in [0.05, 0.1) is 0 Å². The molecule has 3 heterocycles. The fourth-order valence-electron chi connectivity index (χ4n) is 2.94. The monoisotopic (exact) mass is 534 g/mol. The Morgan fingerprint density at radius 2 is 1.78 bits per heavy atom. The predicted octanol–water partition coefficient (Wildman–Crippen LogP) is 1.55. The molecule has 1 atom stereocenters. The van der Waals surface area contributed by atoms with Crippen molar-refractivity contribution >= 4 is 28.1 Å². The van der Waals surface area contributed by atoms with Gasteiger partial charge in [-0.3, -0.25) is 8.78 Å². The van der Waals surface area contributed by atoms with Crippen molar-refractivity contribution in [2.24, 2.45) is 0 Å². The number of hydrogen-bond donors (Lipinski definition) is 0. The summed E-state index contributed by atoms with van der Waals surface area (Å²) < 4.78 is 23.9. The van der Waals surface area contributed by atoms with E-state index >= 15 is 0 Å². The second-order valence-corrected chi connectivity index (χ2v) is 6.71. The normalized spacial score (nSPS) is 15.1. The number of nitrogens with zero attached hydrogens (tertiary/aromatic N) is 6. The van der Waals surface area contributed by atoms with Crippen molar-refractivity contribution in [3.8, 4) is 5.69 Å². The van der Waals surface area contributed by atoms with Crippen LogP contribution in [0, 0.1) is 6.92 Å². The molecule has 3 aromatic rings. The number of aromatic nitrogens is 4. The summed E-state index contributed by atoms with van der Waals surface area (Å²) >= 11 is -2.24. The molecule has 11 heteroatoms. The molecule has 1 fully saturated rings. The van der Waals surface area contributed by atoms with E-state index in [2.05, 4.69) is 25.2 Å². The molecule has 0 spiro atoms. The minimum Gasteiger partial charge on any atom is -0.768 e. The number of piperazine rings is 1. The maximum absolute atomic E-state index is 11.0. The smallest absolute Gasteiger partial charge is 0.170 e. The van der Waals surface area contributed by atoms with Crippen LogP contribution in [0.1, 0.15) is 5.82 Å². The zero-order valence-electron chi connectivity index (χ0n) is 14.8. The first-order chi connectivity index (χ1) is 12.1. The number of rotatable bonds is 3. The molecule has 0 aliphatic carbocycles. The van der Waals surface area contributed by atoms with Gasteiger partial charge in [0, 0.05) is 89.1 Å². The van der Waals surface area contributed by atoms with Crippen molar-refractivity contribution in [3.63, 3.8) is 0 Å². The van der Waals surface area contributed by atoms with Crippen molar-refractivity contribution in [2.75, 3.05) is 31.1 Å². The summed E-state index contributed by atoms with van der Waals surface area (Å²) in [4.78, 5) is 16.1. The molecule has 0 bridgehead atoms. The minimum absolute atomic E-state index is 0. The standard InChI is InChI=1S/C16H17N6O2S.2Y/c1-11-19-15(21-8-6-17-7-9-21)14-16(20-11)22(10-18-14)12-2-4-13(5-3-12)25(23)24;;/h2-5,10H,6-9H2,1H3,(H,23,24);;/q-1;;/p-1. The number of benzene rings is 1. The van der Waals surface area contributed by atoms with Gasteiger partial charge in [0.25, 0.3) is 0 Å². The first-order valence-electron chi connectivity index (χ1n) is 7.93. The average molecular weight is 534 g/mol. The number of anilines is 1. The molecular weight excluding hydrogens is 518 g/mol. The molecule has 0 amide bonds. The number of imidazole rings is 1. The van der Waals surface area contributed by atoms with Gasteiger partial charge in [0.2, 0.25) is 0 Å². The van der Waals surface area contributed by atoms with Crippen molar-refractivity contribution in [2.45, 2.75) is 11.8 Å². The van der Waals surface area contributed by atoms with Gasteiger partial charge in [-0.05, 0) is 42.3 Å². The summed E-state index contributed by atoms with van der Waals surface area (Å²) in [6.07, 6.45) is 1.69. The molecule has 1 aliphatic rings. The van der Waals surface area contributed by atoms with Gasteiger partial charge in [-0.15, -0.1) is 13.1 Å². The van der Waals surface area contributed by atoms with Crippen LogP contribution >= 0.6 is 0 Å². The summed E-state index contributed by atoms with van der Waals surface area (Å²) in [5, 5.41) is 4.37. The third kappa shape index (κ3) is 4.89. The molecule has 1 unspecified atom stereocenters. The molecule has 8 nitrogen and oxygen atoms in total. The van der Waals surface area contributed by atoms with Crippen LogP contribution in [0.25, 0.3) is 22.2 Å². The molecule has 0 N–H and O–H groups in total. The van der Waals surface area contributed by atoms with Crippen LogP contribution in [0.5, 0.6) is 0 Å². The second-order valence-electron chi connectivity index (χ2n) is 5.77. The van der Waals surface area contributed by atoms with E-state index in [-0.39, 0.29) is 70.3 Å². The Morgan fingerprint density at radius 3 is 2.41 bits per heavy atom. The molecule has 2 radical (unpaired) electrons. The van der Waals surface area contributed by atoms with E-state index in [4.69, 9.17) is 0 Å². The van der Waals surface area contributed by atoms with E-state index in [0.29, 0.717) is 11.5 Å². The predicted molar refractivity (Wildman–Crippen MR) is 93.9 cm³/mol. The van der Waals surface area contributed by atoms with E-state index < -0.39 is 11.1 Å². The van der Waals surface area contributed by atoms with E-state index in [9.17, 15) is 8.76 Å². The second kappa shape index (κ2) is 10.1. The third-order valence-electron chi connectivity index (χ3n) is 4.15. The van der Waals surface area contributed by atoms with Gasteiger partial charge >= 0.3 is 0 Å². The van der Waals surface area contributed by atoms with Gasteiger partial charge in [0.15, 0.2) is 17.0 Å². The van der Waals surface area contributed by atoms with Gasteiger partial charge in [-0.25, -0.2) is 15.0 Å². The van der Waals surface area contributed by atoms with Gasteiger partial charge in [-0.1, -0.05) is 0 Å². The Labute approximate surface area is 210 Å². The fraction of sp³-hybridized carbons (Fsp3) is 0.312.